The zero-order chi connectivity index (χ0) is 22.4. The molecule has 7 heteroatoms. The van der Waals surface area contributed by atoms with Crippen LogP contribution in [0, 0.1) is 13.8 Å². The summed E-state index contributed by atoms with van der Waals surface area (Å²) in [6, 6.07) is 9.73. The molecular weight excluding hydrogens is 394 g/mol. The Balaban J connectivity index is 1.55. The van der Waals surface area contributed by atoms with Crippen LogP contribution in [0.2, 0.25) is 0 Å². The van der Waals surface area contributed by atoms with Gasteiger partial charge in [0.25, 0.3) is 0 Å². The second-order valence-corrected chi connectivity index (χ2v) is 8.13. The van der Waals surface area contributed by atoms with Gasteiger partial charge < -0.3 is 14.0 Å². The fraction of sp³-hybridized carbons (Fsp3) is 0.500. The lowest BCUT2D eigenvalue weighted by molar-refractivity contribution is -0.146. The molecule has 3 rings (SSSR count). The van der Waals surface area contributed by atoms with Crippen molar-refractivity contribution in [2.24, 2.45) is 7.05 Å². The van der Waals surface area contributed by atoms with Crippen LogP contribution in [0.4, 0.5) is 0 Å². The van der Waals surface area contributed by atoms with Gasteiger partial charge in [0, 0.05) is 50.2 Å². The van der Waals surface area contributed by atoms with E-state index in [0.29, 0.717) is 25.3 Å². The highest BCUT2D eigenvalue weighted by Gasteiger charge is 2.25. The third-order valence-electron chi connectivity index (χ3n) is 6.15. The zero-order valence-corrected chi connectivity index (χ0v) is 19.0. The van der Waals surface area contributed by atoms with Gasteiger partial charge in [-0.1, -0.05) is 30.3 Å². The van der Waals surface area contributed by atoms with Gasteiger partial charge >= 0.3 is 11.9 Å². The number of methoxy groups -OCH3 is 1. The van der Waals surface area contributed by atoms with Crippen LogP contribution in [-0.4, -0.2) is 66.1 Å². The number of benzene rings is 1. The van der Waals surface area contributed by atoms with Crippen LogP contribution >= 0.6 is 0 Å². The quantitative estimate of drug-likeness (QED) is 0.633. The highest BCUT2D eigenvalue weighted by molar-refractivity contribution is 5.93. The predicted octanol–water partition coefficient (Wildman–Crippen LogP) is 2.68. The molecule has 1 aliphatic heterocycles. The molecule has 1 aromatic carbocycles. The van der Waals surface area contributed by atoms with Gasteiger partial charge in [-0.3, -0.25) is 14.6 Å². The molecule has 0 unspecified atom stereocenters. The van der Waals surface area contributed by atoms with Crippen molar-refractivity contribution in [3.05, 3.63) is 58.4 Å². The van der Waals surface area contributed by atoms with Gasteiger partial charge in [-0.15, -0.1) is 0 Å². The fourth-order valence-corrected chi connectivity index (χ4v) is 4.12. The molecule has 7 nitrogen and oxygen atoms in total. The van der Waals surface area contributed by atoms with Crippen molar-refractivity contribution < 1.29 is 19.1 Å². The van der Waals surface area contributed by atoms with Crippen molar-refractivity contribution in [3.8, 4) is 0 Å². The third kappa shape index (κ3) is 5.74. The maximum atomic E-state index is 12.4. The van der Waals surface area contributed by atoms with E-state index in [1.807, 2.05) is 51.2 Å². The predicted molar refractivity (Wildman–Crippen MR) is 119 cm³/mol. The van der Waals surface area contributed by atoms with Crippen LogP contribution in [-0.2, 0) is 34.5 Å². The maximum absolute atomic E-state index is 12.4. The Hall–Kier alpha value is -2.64. The second-order valence-electron chi connectivity index (χ2n) is 8.13. The Labute approximate surface area is 184 Å². The SMILES string of the molecule is COC(=O)c1c(CN2CCCN(CC(=O)OCc3ccccc3)CC2)c(C)n(C)c1C. The molecule has 31 heavy (non-hydrogen) atoms. The van der Waals surface area contributed by atoms with E-state index in [1.165, 1.54) is 7.11 Å². The average Bonchev–Trinajstić information content (AvgIpc) is 2.93. The van der Waals surface area contributed by atoms with Crippen molar-refractivity contribution in [2.45, 2.75) is 33.4 Å². The molecule has 1 fully saturated rings. The van der Waals surface area contributed by atoms with Gasteiger partial charge in [0.05, 0.1) is 19.2 Å². The van der Waals surface area contributed by atoms with Gasteiger partial charge in [-0.2, -0.15) is 0 Å². The average molecular weight is 428 g/mol. The first-order chi connectivity index (χ1) is 14.9. The number of rotatable bonds is 7. The molecular formula is C24H33N3O4. The Kier molecular flexibility index (Phi) is 7.87. The summed E-state index contributed by atoms with van der Waals surface area (Å²) in [7, 11) is 3.40. The summed E-state index contributed by atoms with van der Waals surface area (Å²) in [5.74, 6) is -0.478. The lowest BCUT2D eigenvalue weighted by Crippen LogP contribution is -2.35. The monoisotopic (exact) mass is 427 g/mol. The molecule has 0 spiro atoms. The number of hydrogen-bond acceptors (Lipinski definition) is 6. The van der Waals surface area contributed by atoms with Gasteiger partial charge in [-0.05, 0) is 32.4 Å². The van der Waals surface area contributed by atoms with Crippen molar-refractivity contribution in [2.75, 3.05) is 39.8 Å². The largest absolute Gasteiger partial charge is 0.465 e. The Morgan fingerprint density at radius 3 is 2.35 bits per heavy atom. The molecule has 1 aromatic heterocycles. The standard InChI is InChI=1S/C24H33N3O4/c1-18-21(23(24(29)30-4)19(2)25(18)3)15-26-11-8-12-27(14-13-26)16-22(28)31-17-20-9-6-5-7-10-20/h5-7,9-10H,8,11-17H2,1-4H3. The molecule has 0 aliphatic carbocycles. The summed E-state index contributed by atoms with van der Waals surface area (Å²) in [4.78, 5) is 29.1. The summed E-state index contributed by atoms with van der Waals surface area (Å²) in [5, 5.41) is 0. The van der Waals surface area contributed by atoms with Crippen molar-refractivity contribution in [1.82, 2.24) is 14.4 Å². The van der Waals surface area contributed by atoms with E-state index >= 15 is 0 Å². The Bertz CT molecular complexity index is 907. The summed E-state index contributed by atoms with van der Waals surface area (Å²) in [5.41, 5.74) is 4.71. The molecule has 0 N–H and O–H groups in total. The highest BCUT2D eigenvalue weighted by atomic mass is 16.5. The molecule has 1 aliphatic rings. The van der Waals surface area contributed by atoms with Crippen LogP contribution in [0.1, 0.15) is 39.3 Å². The molecule has 1 saturated heterocycles. The van der Waals surface area contributed by atoms with Gasteiger partial charge in [0.2, 0.25) is 0 Å². The number of carbonyl (C=O) groups is 2. The normalized spacial score (nSPS) is 15.5. The van der Waals surface area contributed by atoms with E-state index in [0.717, 1.165) is 55.1 Å². The highest BCUT2D eigenvalue weighted by Crippen LogP contribution is 2.24. The molecule has 0 atom stereocenters. The summed E-state index contributed by atoms with van der Waals surface area (Å²) >= 11 is 0. The number of carbonyl (C=O) groups excluding carboxylic acids is 2. The molecule has 0 amide bonds. The number of hydrogen-bond donors (Lipinski definition) is 0. The van der Waals surface area contributed by atoms with E-state index in [2.05, 4.69) is 14.4 Å². The lowest BCUT2D eigenvalue weighted by atomic mass is 10.1. The van der Waals surface area contributed by atoms with Crippen LogP contribution in [0.15, 0.2) is 30.3 Å². The van der Waals surface area contributed by atoms with Crippen LogP contribution in [0.25, 0.3) is 0 Å². The van der Waals surface area contributed by atoms with Crippen molar-refractivity contribution in [1.29, 1.82) is 0 Å². The van der Waals surface area contributed by atoms with E-state index < -0.39 is 0 Å². The molecule has 2 heterocycles. The fourth-order valence-electron chi connectivity index (χ4n) is 4.12. The zero-order valence-electron chi connectivity index (χ0n) is 19.0. The first-order valence-electron chi connectivity index (χ1n) is 10.8. The summed E-state index contributed by atoms with van der Waals surface area (Å²) in [6.45, 7) is 8.70. The van der Waals surface area contributed by atoms with E-state index in [-0.39, 0.29) is 11.9 Å². The van der Waals surface area contributed by atoms with Crippen molar-refractivity contribution >= 4 is 11.9 Å². The van der Waals surface area contributed by atoms with Gasteiger partial charge in [0.15, 0.2) is 0 Å². The van der Waals surface area contributed by atoms with Crippen LogP contribution in [0.3, 0.4) is 0 Å². The minimum atomic E-state index is -0.284. The number of aromatic nitrogens is 1. The number of ether oxygens (including phenoxy) is 2. The minimum Gasteiger partial charge on any atom is -0.465 e. The minimum absolute atomic E-state index is 0.195. The molecule has 0 bridgehead atoms. The maximum Gasteiger partial charge on any atom is 0.340 e. The van der Waals surface area contributed by atoms with Crippen LogP contribution in [0.5, 0.6) is 0 Å². The number of nitrogens with zero attached hydrogens (tertiary/aromatic N) is 3. The van der Waals surface area contributed by atoms with Gasteiger partial charge in [-0.25, -0.2) is 4.79 Å². The molecule has 0 radical (unpaired) electrons. The summed E-state index contributed by atoms with van der Waals surface area (Å²) < 4.78 is 12.5. The topological polar surface area (TPSA) is 64.0 Å². The number of esters is 2. The lowest BCUT2D eigenvalue weighted by Gasteiger charge is -2.22. The van der Waals surface area contributed by atoms with Crippen molar-refractivity contribution in [3.63, 3.8) is 0 Å². The Morgan fingerprint density at radius 1 is 0.968 bits per heavy atom. The first-order valence-corrected chi connectivity index (χ1v) is 10.8. The molecule has 168 valence electrons. The molecule has 0 saturated carbocycles. The molecule has 2 aromatic rings. The van der Waals surface area contributed by atoms with E-state index in [4.69, 9.17) is 9.47 Å². The van der Waals surface area contributed by atoms with Crippen LogP contribution < -0.4 is 0 Å². The van der Waals surface area contributed by atoms with E-state index in [1.54, 1.807) is 0 Å². The smallest absolute Gasteiger partial charge is 0.340 e. The first kappa shape index (κ1) is 23.0. The third-order valence-corrected chi connectivity index (χ3v) is 6.15. The van der Waals surface area contributed by atoms with Gasteiger partial charge in [0.1, 0.15) is 6.61 Å². The summed E-state index contributed by atoms with van der Waals surface area (Å²) in [6.07, 6.45) is 0.963. The Morgan fingerprint density at radius 2 is 1.65 bits per heavy atom. The van der Waals surface area contributed by atoms with E-state index in [9.17, 15) is 9.59 Å². The second kappa shape index (κ2) is 10.6.